The minimum Gasteiger partial charge on any atom is -0.364 e. The van der Waals surface area contributed by atoms with E-state index in [9.17, 15) is 4.79 Å². The highest BCUT2D eigenvalue weighted by Gasteiger charge is 2.03. The third kappa shape index (κ3) is 1.14. The smallest absolute Gasteiger partial charge is 0.277 e. The largest absolute Gasteiger partial charge is 0.364 e. The van der Waals surface area contributed by atoms with Crippen molar-refractivity contribution in [3.8, 4) is 12.3 Å². The molecular weight excluding hydrogens is 148 g/mol. The minimum absolute atomic E-state index is 0.257. The van der Waals surface area contributed by atoms with E-state index in [0.717, 1.165) is 11.3 Å². The van der Waals surface area contributed by atoms with Crippen LogP contribution in [0.15, 0.2) is 5.38 Å². The number of rotatable bonds is 1. The van der Waals surface area contributed by atoms with E-state index in [-0.39, 0.29) is 5.01 Å². The van der Waals surface area contributed by atoms with Crippen molar-refractivity contribution in [2.24, 2.45) is 5.73 Å². The number of carbonyl (C=O) groups excluding carboxylic acids is 1. The van der Waals surface area contributed by atoms with Crippen LogP contribution >= 0.6 is 11.3 Å². The second kappa shape index (κ2) is 2.50. The topological polar surface area (TPSA) is 56.0 Å². The lowest BCUT2D eigenvalue weighted by Gasteiger charge is -1.80. The molecule has 0 unspecified atom stereocenters. The summed E-state index contributed by atoms with van der Waals surface area (Å²) >= 11 is 1.15. The molecule has 1 amide bonds. The maximum atomic E-state index is 10.4. The average molecular weight is 152 g/mol. The van der Waals surface area contributed by atoms with Crippen molar-refractivity contribution < 1.29 is 4.79 Å². The van der Waals surface area contributed by atoms with Crippen molar-refractivity contribution in [1.82, 2.24) is 4.98 Å². The average Bonchev–Trinajstić information content (AvgIpc) is 2.34. The first-order valence-electron chi connectivity index (χ1n) is 2.46. The number of aromatic nitrogens is 1. The monoisotopic (exact) mass is 152 g/mol. The van der Waals surface area contributed by atoms with Crippen molar-refractivity contribution in [1.29, 1.82) is 0 Å². The van der Waals surface area contributed by atoms with Gasteiger partial charge in [0, 0.05) is 5.38 Å². The lowest BCUT2D eigenvalue weighted by molar-refractivity contribution is 0.1000. The van der Waals surface area contributed by atoms with E-state index < -0.39 is 5.91 Å². The normalized spacial score (nSPS) is 8.70. The highest BCUT2D eigenvalue weighted by molar-refractivity contribution is 7.11. The van der Waals surface area contributed by atoms with Crippen LogP contribution in [-0.2, 0) is 0 Å². The van der Waals surface area contributed by atoms with Gasteiger partial charge in [-0.1, -0.05) is 0 Å². The van der Waals surface area contributed by atoms with Gasteiger partial charge in [0.2, 0.25) is 0 Å². The third-order valence-electron chi connectivity index (χ3n) is 0.863. The molecule has 1 aromatic rings. The molecule has 0 aliphatic carbocycles. The summed E-state index contributed by atoms with van der Waals surface area (Å²) in [5, 5.41) is 1.87. The Morgan fingerprint density at radius 2 is 2.60 bits per heavy atom. The summed E-state index contributed by atoms with van der Waals surface area (Å²) in [4.78, 5) is 14.2. The molecule has 0 aliphatic heterocycles. The summed E-state index contributed by atoms with van der Waals surface area (Å²) in [5.74, 6) is 1.76. The Bertz CT molecular complexity index is 297. The van der Waals surface area contributed by atoms with Gasteiger partial charge < -0.3 is 5.73 Å². The first-order chi connectivity index (χ1) is 4.74. The molecule has 10 heavy (non-hydrogen) atoms. The zero-order chi connectivity index (χ0) is 7.56. The van der Waals surface area contributed by atoms with Gasteiger partial charge in [0.1, 0.15) is 5.69 Å². The molecular formula is C6H4N2OS. The van der Waals surface area contributed by atoms with Crippen molar-refractivity contribution >= 4 is 17.2 Å². The quantitative estimate of drug-likeness (QED) is 0.585. The number of primary amides is 1. The zero-order valence-electron chi connectivity index (χ0n) is 5.00. The molecule has 50 valence electrons. The Balaban J connectivity index is 3.02. The molecule has 0 saturated carbocycles. The molecule has 0 aromatic carbocycles. The van der Waals surface area contributed by atoms with Crippen LogP contribution in [0, 0.1) is 12.3 Å². The standard InChI is InChI=1S/C6H4N2OS/c1-2-4-3-10-6(8-4)5(7)9/h1,3H,(H2,7,9). The Morgan fingerprint density at radius 3 is 2.90 bits per heavy atom. The summed E-state index contributed by atoms with van der Waals surface area (Å²) in [5.41, 5.74) is 5.38. The van der Waals surface area contributed by atoms with Gasteiger partial charge in [0.05, 0.1) is 0 Å². The maximum Gasteiger partial charge on any atom is 0.277 e. The van der Waals surface area contributed by atoms with Gasteiger partial charge in [-0.2, -0.15) is 0 Å². The van der Waals surface area contributed by atoms with E-state index in [2.05, 4.69) is 10.9 Å². The number of carbonyl (C=O) groups is 1. The van der Waals surface area contributed by atoms with Gasteiger partial charge in [-0.3, -0.25) is 4.79 Å². The van der Waals surface area contributed by atoms with Crippen molar-refractivity contribution in [2.75, 3.05) is 0 Å². The van der Waals surface area contributed by atoms with Gasteiger partial charge in [-0.15, -0.1) is 17.8 Å². The van der Waals surface area contributed by atoms with Gasteiger partial charge in [-0.25, -0.2) is 4.98 Å². The maximum absolute atomic E-state index is 10.4. The Kier molecular flexibility index (Phi) is 1.69. The van der Waals surface area contributed by atoms with E-state index in [1.807, 2.05) is 0 Å². The fraction of sp³-hybridized carbons (Fsp3) is 0. The third-order valence-corrected chi connectivity index (χ3v) is 1.72. The molecule has 0 atom stereocenters. The van der Waals surface area contributed by atoms with Crippen LogP contribution < -0.4 is 5.73 Å². The van der Waals surface area contributed by atoms with Gasteiger partial charge in [-0.05, 0) is 5.92 Å². The van der Waals surface area contributed by atoms with Crippen molar-refractivity contribution in [3.05, 3.63) is 16.1 Å². The molecule has 1 aromatic heterocycles. The number of terminal acetylenes is 1. The number of amides is 1. The second-order valence-electron chi connectivity index (χ2n) is 1.55. The molecule has 1 rings (SSSR count). The Morgan fingerprint density at radius 1 is 1.90 bits per heavy atom. The Labute approximate surface area is 61.9 Å². The summed E-state index contributed by atoms with van der Waals surface area (Å²) in [6.07, 6.45) is 5.01. The van der Waals surface area contributed by atoms with Crippen LogP contribution in [0.2, 0.25) is 0 Å². The van der Waals surface area contributed by atoms with E-state index in [0.29, 0.717) is 5.69 Å². The van der Waals surface area contributed by atoms with Crippen LogP contribution in [0.1, 0.15) is 15.5 Å². The molecule has 0 radical (unpaired) electrons. The molecule has 4 heteroatoms. The molecule has 1 heterocycles. The predicted molar refractivity (Wildman–Crippen MR) is 38.6 cm³/mol. The number of hydrogen-bond donors (Lipinski definition) is 1. The molecule has 2 N–H and O–H groups in total. The number of nitrogens with two attached hydrogens (primary N) is 1. The number of thiazole rings is 1. The summed E-state index contributed by atoms with van der Waals surface area (Å²) in [7, 11) is 0. The van der Waals surface area contributed by atoms with Crippen LogP contribution in [0.5, 0.6) is 0 Å². The van der Waals surface area contributed by atoms with Gasteiger partial charge in [0.15, 0.2) is 5.01 Å². The first-order valence-corrected chi connectivity index (χ1v) is 3.34. The van der Waals surface area contributed by atoms with Crippen LogP contribution in [0.3, 0.4) is 0 Å². The SMILES string of the molecule is C#Cc1csc(C(N)=O)n1. The highest BCUT2D eigenvalue weighted by atomic mass is 32.1. The molecule has 0 aliphatic rings. The fourth-order valence-electron chi connectivity index (χ4n) is 0.453. The van der Waals surface area contributed by atoms with E-state index in [4.69, 9.17) is 12.2 Å². The Hall–Kier alpha value is -1.34. The van der Waals surface area contributed by atoms with Crippen molar-refractivity contribution in [3.63, 3.8) is 0 Å². The van der Waals surface area contributed by atoms with E-state index >= 15 is 0 Å². The van der Waals surface area contributed by atoms with Gasteiger partial charge >= 0.3 is 0 Å². The number of nitrogens with zero attached hydrogens (tertiary/aromatic N) is 1. The molecule has 0 spiro atoms. The highest BCUT2D eigenvalue weighted by Crippen LogP contribution is 2.06. The molecule has 0 saturated heterocycles. The van der Waals surface area contributed by atoms with E-state index in [1.54, 1.807) is 5.38 Å². The van der Waals surface area contributed by atoms with E-state index in [1.165, 1.54) is 0 Å². The molecule has 0 bridgehead atoms. The van der Waals surface area contributed by atoms with Crippen LogP contribution in [-0.4, -0.2) is 10.9 Å². The second-order valence-corrected chi connectivity index (χ2v) is 2.40. The predicted octanol–water partition coefficient (Wildman–Crippen LogP) is 0.223. The van der Waals surface area contributed by atoms with Gasteiger partial charge in [0.25, 0.3) is 5.91 Å². The summed E-state index contributed by atoms with van der Waals surface area (Å²) < 4.78 is 0. The molecule has 0 fully saturated rings. The minimum atomic E-state index is -0.536. The lowest BCUT2D eigenvalue weighted by atomic mass is 10.5. The molecule has 3 nitrogen and oxygen atoms in total. The summed E-state index contributed by atoms with van der Waals surface area (Å²) in [6, 6.07) is 0. The first kappa shape index (κ1) is 6.78. The number of hydrogen-bond acceptors (Lipinski definition) is 3. The lowest BCUT2D eigenvalue weighted by Crippen LogP contribution is -2.10. The van der Waals surface area contributed by atoms with Crippen LogP contribution in [0.4, 0.5) is 0 Å². The van der Waals surface area contributed by atoms with Crippen molar-refractivity contribution in [2.45, 2.75) is 0 Å². The fourth-order valence-corrected chi connectivity index (χ4v) is 1.06. The van der Waals surface area contributed by atoms with Crippen LogP contribution in [0.25, 0.3) is 0 Å². The zero-order valence-corrected chi connectivity index (χ0v) is 5.81. The summed E-state index contributed by atoms with van der Waals surface area (Å²) in [6.45, 7) is 0.